The average Bonchev–Trinajstić information content (AvgIpc) is 2.60. The number of hydrogen-bond acceptors (Lipinski definition) is 4. The van der Waals surface area contributed by atoms with Gasteiger partial charge in [0.05, 0.1) is 11.1 Å². The van der Waals surface area contributed by atoms with E-state index in [2.05, 4.69) is 30.9 Å². The van der Waals surface area contributed by atoms with Gasteiger partial charge < -0.3 is 15.2 Å². The number of alkyl halides is 3. The van der Waals surface area contributed by atoms with Crippen LogP contribution in [0.25, 0.3) is 0 Å². The van der Waals surface area contributed by atoms with E-state index in [4.69, 9.17) is 11.6 Å². The van der Waals surface area contributed by atoms with E-state index in [1.807, 2.05) is 0 Å². The molecule has 29 heavy (non-hydrogen) atoms. The zero-order valence-corrected chi connectivity index (χ0v) is 18.9. The maximum absolute atomic E-state index is 12.4. The molecule has 4 nitrogen and oxygen atoms in total. The average molecular weight is 539 g/mol. The van der Waals surface area contributed by atoms with Crippen LogP contribution in [0.4, 0.5) is 13.2 Å². The number of phenols is 1. The summed E-state index contributed by atoms with van der Waals surface area (Å²) in [5.41, 5.74) is 1.32. The van der Waals surface area contributed by atoms with E-state index >= 15 is 0 Å². The number of nitrogens with one attached hydrogen (secondary N) is 1. The van der Waals surface area contributed by atoms with Gasteiger partial charge in [0.25, 0.3) is 0 Å². The van der Waals surface area contributed by atoms with Gasteiger partial charge in [0.1, 0.15) is 11.5 Å². The number of phenolic OH excluding ortho intramolecular Hbond substituents is 1. The second-order valence-corrected chi connectivity index (χ2v) is 7.45. The smallest absolute Gasteiger partial charge is 0.506 e. The summed E-state index contributed by atoms with van der Waals surface area (Å²) < 4.78 is 41.9. The van der Waals surface area contributed by atoms with Crippen molar-refractivity contribution in [1.29, 1.82) is 0 Å². The number of rotatable bonds is 4. The zero-order chi connectivity index (χ0) is 19.6. The highest BCUT2D eigenvalue weighted by Gasteiger charge is 2.32. The molecule has 0 amide bonds. The topological polar surface area (TPSA) is 44.7 Å². The van der Waals surface area contributed by atoms with Gasteiger partial charge in [-0.1, -0.05) is 39.7 Å². The molecule has 0 bridgehead atoms. The first-order chi connectivity index (χ1) is 12.7. The number of nitrogens with zero attached hydrogens (tertiary/aromatic N) is 1. The van der Waals surface area contributed by atoms with Gasteiger partial charge in [0.2, 0.25) is 0 Å². The highest BCUT2D eigenvalue weighted by molar-refractivity contribution is 9.10. The van der Waals surface area contributed by atoms with Gasteiger partial charge >= 0.3 is 6.36 Å². The molecular formula is C18H19BrCl3F3N2O2. The van der Waals surface area contributed by atoms with Crippen molar-refractivity contribution in [2.24, 2.45) is 0 Å². The molecule has 1 saturated heterocycles. The minimum absolute atomic E-state index is 0. The molecule has 1 atom stereocenters. The standard InChI is InChI=1S/C18H17BrClF3N2O2.2ClH/c19-12-9-14(17(26)15(20)10-12)16(25-7-5-24-6-8-25)11-1-3-13(4-2-11)27-18(21,22)23;;/h1-4,9-10,16,24,26H,5-8H2;2*1H/t16-;;/m1../s1. The van der Waals surface area contributed by atoms with Crippen molar-refractivity contribution in [3.8, 4) is 11.5 Å². The first-order valence-corrected chi connectivity index (χ1v) is 9.40. The third-order valence-electron chi connectivity index (χ3n) is 4.30. The Kier molecular flexibility index (Phi) is 9.85. The lowest BCUT2D eigenvalue weighted by Gasteiger charge is -2.36. The third kappa shape index (κ3) is 6.80. The lowest BCUT2D eigenvalue weighted by atomic mass is 9.95. The van der Waals surface area contributed by atoms with E-state index < -0.39 is 6.36 Å². The molecule has 1 heterocycles. The maximum atomic E-state index is 12.4. The number of ether oxygens (including phenoxy) is 1. The molecule has 162 valence electrons. The first-order valence-electron chi connectivity index (χ1n) is 8.23. The molecule has 11 heteroatoms. The number of benzene rings is 2. The molecule has 2 N–H and O–H groups in total. The van der Waals surface area contributed by atoms with Gasteiger partial charge in [-0.05, 0) is 29.8 Å². The summed E-state index contributed by atoms with van der Waals surface area (Å²) in [6, 6.07) is 8.69. The fourth-order valence-corrected chi connectivity index (χ4v) is 4.01. The Hall–Kier alpha value is -0.900. The van der Waals surface area contributed by atoms with Crippen LogP contribution in [0.2, 0.25) is 5.02 Å². The van der Waals surface area contributed by atoms with Crippen LogP contribution in [-0.2, 0) is 0 Å². The molecule has 1 fully saturated rings. The van der Waals surface area contributed by atoms with E-state index in [9.17, 15) is 18.3 Å². The minimum atomic E-state index is -4.74. The first kappa shape index (κ1) is 26.1. The highest BCUT2D eigenvalue weighted by atomic mass is 79.9. The Morgan fingerprint density at radius 2 is 1.69 bits per heavy atom. The Morgan fingerprint density at radius 1 is 1.10 bits per heavy atom. The molecule has 0 spiro atoms. The van der Waals surface area contributed by atoms with Crippen LogP contribution in [-0.4, -0.2) is 42.5 Å². The van der Waals surface area contributed by atoms with Gasteiger partial charge in [0, 0.05) is 36.2 Å². The number of piperazine rings is 1. The second-order valence-electron chi connectivity index (χ2n) is 6.13. The van der Waals surface area contributed by atoms with E-state index in [0.29, 0.717) is 10.0 Å². The summed E-state index contributed by atoms with van der Waals surface area (Å²) in [5.74, 6) is -0.333. The highest BCUT2D eigenvalue weighted by Crippen LogP contribution is 2.40. The van der Waals surface area contributed by atoms with E-state index in [1.54, 1.807) is 24.3 Å². The van der Waals surface area contributed by atoms with Crippen LogP contribution in [0.15, 0.2) is 40.9 Å². The Bertz CT molecular complexity index is 804. The molecular weight excluding hydrogens is 519 g/mol. The summed E-state index contributed by atoms with van der Waals surface area (Å²) >= 11 is 9.52. The number of hydrogen-bond donors (Lipinski definition) is 2. The monoisotopic (exact) mass is 536 g/mol. The molecule has 3 rings (SSSR count). The van der Waals surface area contributed by atoms with E-state index in [0.717, 1.165) is 31.7 Å². The fourth-order valence-electron chi connectivity index (χ4n) is 3.17. The number of halogens is 7. The predicted molar refractivity (Wildman–Crippen MR) is 115 cm³/mol. The predicted octanol–water partition coefficient (Wildman–Crippen LogP) is 5.54. The fraction of sp³-hybridized carbons (Fsp3) is 0.333. The van der Waals surface area contributed by atoms with Gasteiger partial charge in [0.15, 0.2) is 0 Å². The minimum Gasteiger partial charge on any atom is -0.506 e. The number of aromatic hydroxyl groups is 1. The third-order valence-corrected chi connectivity index (χ3v) is 5.04. The molecule has 0 radical (unpaired) electrons. The van der Waals surface area contributed by atoms with Gasteiger partial charge in [-0.15, -0.1) is 38.0 Å². The van der Waals surface area contributed by atoms with Crippen molar-refractivity contribution < 1.29 is 23.0 Å². The second kappa shape index (κ2) is 10.9. The van der Waals surface area contributed by atoms with Gasteiger partial charge in [-0.25, -0.2) is 0 Å². The van der Waals surface area contributed by atoms with Crippen molar-refractivity contribution in [2.45, 2.75) is 12.4 Å². The lowest BCUT2D eigenvalue weighted by molar-refractivity contribution is -0.274. The molecule has 2 aromatic carbocycles. The largest absolute Gasteiger partial charge is 0.573 e. The van der Waals surface area contributed by atoms with Crippen molar-refractivity contribution >= 4 is 52.3 Å². The van der Waals surface area contributed by atoms with Crippen LogP contribution in [0, 0.1) is 0 Å². The summed E-state index contributed by atoms with van der Waals surface area (Å²) in [7, 11) is 0. The Balaban J connectivity index is 0.00000210. The molecule has 0 aromatic heterocycles. The maximum Gasteiger partial charge on any atom is 0.573 e. The van der Waals surface area contributed by atoms with E-state index in [1.165, 1.54) is 12.1 Å². The summed E-state index contributed by atoms with van der Waals surface area (Å²) in [6.45, 7) is 2.98. The normalized spacial score (nSPS) is 15.8. The van der Waals surface area contributed by atoms with Crippen LogP contribution >= 0.6 is 52.3 Å². The van der Waals surface area contributed by atoms with Crippen LogP contribution < -0.4 is 10.1 Å². The molecule has 1 aliphatic rings. The Labute approximate surface area is 192 Å². The molecule has 0 aliphatic carbocycles. The van der Waals surface area contributed by atoms with Gasteiger partial charge in [-0.3, -0.25) is 4.90 Å². The van der Waals surface area contributed by atoms with Crippen molar-refractivity contribution in [1.82, 2.24) is 10.2 Å². The van der Waals surface area contributed by atoms with Crippen molar-refractivity contribution in [3.05, 3.63) is 57.0 Å². The zero-order valence-electron chi connectivity index (χ0n) is 14.9. The Morgan fingerprint density at radius 3 is 2.24 bits per heavy atom. The van der Waals surface area contributed by atoms with Crippen molar-refractivity contribution in [3.63, 3.8) is 0 Å². The molecule has 0 unspecified atom stereocenters. The summed E-state index contributed by atoms with van der Waals surface area (Å²) in [4.78, 5) is 2.15. The molecule has 1 aliphatic heterocycles. The van der Waals surface area contributed by atoms with Crippen LogP contribution in [0.5, 0.6) is 11.5 Å². The quantitative estimate of drug-likeness (QED) is 0.536. The van der Waals surface area contributed by atoms with Gasteiger partial charge in [-0.2, -0.15) is 0 Å². The lowest BCUT2D eigenvalue weighted by Crippen LogP contribution is -2.45. The molecule has 0 saturated carbocycles. The SMILES string of the molecule is Cl.Cl.Oc1c(Cl)cc(Br)cc1[C@@H](c1ccc(OC(F)(F)F)cc1)N1CCNCC1. The van der Waals surface area contributed by atoms with Crippen LogP contribution in [0.3, 0.4) is 0 Å². The van der Waals surface area contributed by atoms with Crippen molar-refractivity contribution in [2.75, 3.05) is 26.2 Å². The summed E-state index contributed by atoms with van der Waals surface area (Å²) in [6.07, 6.45) is -4.74. The molecule has 2 aromatic rings. The van der Waals surface area contributed by atoms with E-state index in [-0.39, 0.29) is 47.4 Å². The summed E-state index contributed by atoms with van der Waals surface area (Å²) in [5, 5.41) is 14.0. The van der Waals surface area contributed by atoms with Crippen LogP contribution in [0.1, 0.15) is 17.2 Å².